The van der Waals surface area contributed by atoms with E-state index in [4.69, 9.17) is 10.5 Å². The molecular formula is C13H20N2O3S. The minimum Gasteiger partial charge on any atom is -0.380 e. The summed E-state index contributed by atoms with van der Waals surface area (Å²) in [5.41, 5.74) is 7.46. The summed E-state index contributed by atoms with van der Waals surface area (Å²) >= 11 is 0. The van der Waals surface area contributed by atoms with Crippen molar-refractivity contribution in [3.8, 4) is 0 Å². The molecule has 0 spiro atoms. The van der Waals surface area contributed by atoms with Crippen LogP contribution in [0.15, 0.2) is 23.1 Å². The highest BCUT2D eigenvalue weighted by Crippen LogP contribution is 2.17. The molecule has 1 fully saturated rings. The molecule has 1 aromatic carbocycles. The van der Waals surface area contributed by atoms with Gasteiger partial charge in [0.2, 0.25) is 10.0 Å². The quantitative estimate of drug-likeness (QED) is 0.861. The molecule has 1 aliphatic heterocycles. The molecule has 0 amide bonds. The number of ether oxygens (including phenoxy) is 1. The molecular weight excluding hydrogens is 264 g/mol. The van der Waals surface area contributed by atoms with Crippen LogP contribution in [0.25, 0.3) is 0 Å². The molecule has 1 aliphatic rings. The van der Waals surface area contributed by atoms with Crippen molar-refractivity contribution in [1.82, 2.24) is 4.72 Å². The van der Waals surface area contributed by atoms with Gasteiger partial charge in [-0.25, -0.2) is 13.1 Å². The van der Waals surface area contributed by atoms with E-state index in [1.807, 2.05) is 6.92 Å². The lowest BCUT2D eigenvalue weighted by atomic mass is 10.1. The number of nitrogens with one attached hydrogen (secondary N) is 1. The maximum absolute atomic E-state index is 12.3. The molecule has 1 atom stereocenters. The number of nitrogens with two attached hydrogens (primary N) is 1. The lowest BCUT2D eigenvalue weighted by molar-refractivity contribution is 0.0774. The van der Waals surface area contributed by atoms with Crippen LogP contribution in [0.5, 0.6) is 0 Å². The van der Waals surface area contributed by atoms with Crippen LogP contribution in [0.2, 0.25) is 0 Å². The molecule has 0 bridgehead atoms. The lowest BCUT2D eigenvalue weighted by Crippen LogP contribution is -2.40. The van der Waals surface area contributed by atoms with Crippen molar-refractivity contribution in [3.63, 3.8) is 0 Å². The summed E-state index contributed by atoms with van der Waals surface area (Å²) in [6.45, 7) is 3.40. The van der Waals surface area contributed by atoms with E-state index in [1.54, 1.807) is 18.2 Å². The van der Waals surface area contributed by atoms with E-state index in [-0.39, 0.29) is 10.9 Å². The molecule has 5 nitrogen and oxygen atoms in total. The van der Waals surface area contributed by atoms with E-state index < -0.39 is 10.0 Å². The molecule has 106 valence electrons. The van der Waals surface area contributed by atoms with Crippen molar-refractivity contribution in [2.75, 3.05) is 13.2 Å². The smallest absolute Gasteiger partial charge is 0.240 e. The SMILES string of the molecule is Cc1ccc(S(=O)(=O)NC2CCCOC2)cc1CN. The van der Waals surface area contributed by atoms with Crippen LogP contribution < -0.4 is 10.5 Å². The third kappa shape index (κ3) is 3.54. The second-order valence-electron chi connectivity index (χ2n) is 4.83. The topological polar surface area (TPSA) is 81.4 Å². The van der Waals surface area contributed by atoms with Gasteiger partial charge in [-0.15, -0.1) is 0 Å². The maximum atomic E-state index is 12.3. The Morgan fingerprint density at radius 3 is 2.89 bits per heavy atom. The Kier molecular flexibility index (Phi) is 4.57. The maximum Gasteiger partial charge on any atom is 0.240 e. The van der Waals surface area contributed by atoms with E-state index in [0.717, 1.165) is 24.0 Å². The van der Waals surface area contributed by atoms with Crippen molar-refractivity contribution >= 4 is 10.0 Å². The van der Waals surface area contributed by atoms with Gasteiger partial charge < -0.3 is 10.5 Å². The van der Waals surface area contributed by atoms with Crippen LogP contribution in [0.4, 0.5) is 0 Å². The minimum absolute atomic E-state index is 0.138. The Hall–Kier alpha value is -0.950. The molecule has 1 heterocycles. The van der Waals surface area contributed by atoms with Crippen LogP contribution in [-0.2, 0) is 21.3 Å². The first kappa shape index (κ1) is 14.5. The van der Waals surface area contributed by atoms with Crippen LogP contribution >= 0.6 is 0 Å². The summed E-state index contributed by atoms with van der Waals surface area (Å²) < 4.78 is 32.5. The zero-order chi connectivity index (χ0) is 13.9. The summed E-state index contributed by atoms with van der Waals surface area (Å²) in [5.74, 6) is 0. The minimum atomic E-state index is -3.49. The molecule has 1 aromatic rings. The summed E-state index contributed by atoms with van der Waals surface area (Å²) in [7, 11) is -3.49. The molecule has 1 unspecified atom stereocenters. The summed E-state index contributed by atoms with van der Waals surface area (Å²) in [6.07, 6.45) is 1.70. The van der Waals surface area contributed by atoms with Crippen LogP contribution in [0, 0.1) is 6.92 Å². The summed E-state index contributed by atoms with van der Waals surface area (Å²) in [6, 6.07) is 4.90. The fourth-order valence-corrected chi connectivity index (χ4v) is 3.46. The Bertz CT molecular complexity index is 537. The second-order valence-corrected chi connectivity index (χ2v) is 6.54. The zero-order valence-electron chi connectivity index (χ0n) is 11.1. The van der Waals surface area contributed by atoms with Gasteiger partial charge in [-0.1, -0.05) is 6.07 Å². The van der Waals surface area contributed by atoms with Gasteiger partial charge in [0.15, 0.2) is 0 Å². The van der Waals surface area contributed by atoms with Gasteiger partial charge in [-0.05, 0) is 43.0 Å². The first-order valence-corrected chi connectivity index (χ1v) is 7.91. The first-order valence-electron chi connectivity index (χ1n) is 6.42. The van der Waals surface area contributed by atoms with E-state index in [0.29, 0.717) is 19.8 Å². The molecule has 0 radical (unpaired) electrons. The third-order valence-corrected chi connectivity index (χ3v) is 4.85. The lowest BCUT2D eigenvalue weighted by Gasteiger charge is -2.23. The van der Waals surface area contributed by atoms with Crippen molar-refractivity contribution in [2.24, 2.45) is 5.73 Å². The average molecular weight is 284 g/mol. The van der Waals surface area contributed by atoms with Gasteiger partial charge in [-0.2, -0.15) is 0 Å². The molecule has 6 heteroatoms. The van der Waals surface area contributed by atoms with Gasteiger partial charge in [0.1, 0.15) is 0 Å². The predicted molar refractivity (Wildman–Crippen MR) is 73.2 cm³/mol. The van der Waals surface area contributed by atoms with Gasteiger partial charge in [0.25, 0.3) is 0 Å². The van der Waals surface area contributed by atoms with E-state index in [1.165, 1.54) is 0 Å². The van der Waals surface area contributed by atoms with Crippen molar-refractivity contribution < 1.29 is 13.2 Å². The highest BCUT2D eigenvalue weighted by atomic mass is 32.2. The van der Waals surface area contributed by atoms with Gasteiger partial charge in [-0.3, -0.25) is 0 Å². The molecule has 0 aliphatic carbocycles. The zero-order valence-corrected chi connectivity index (χ0v) is 11.9. The molecule has 0 aromatic heterocycles. The molecule has 19 heavy (non-hydrogen) atoms. The van der Waals surface area contributed by atoms with Gasteiger partial charge in [0, 0.05) is 19.2 Å². The third-order valence-electron chi connectivity index (χ3n) is 3.33. The fourth-order valence-electron chi connectivity index (χ4n) is 2.16. The van der Waals surface area contributed by atoms with E-state index in [9.17, 15) is 8.42 Å². The predicted octanol–water partition coefficient (Wildman–Crippen LogP) is 0.911. The molecule has 2 rings (SSSR count). The number of sulfonamides is 1. The number of aryl methyl sites for hydroxylation is 1. The largest absolute Gasteiger partial charge is 0.380 e. The normalized spacial score (nSPS) is 20.4. The number of benzene rings is 1. The van der Waals surface area contributed by atoms with Crippen molar-refractivity contribution in [2.45, 2.75) is 37.2 Å². The fraction of sp³-hybridized carbons (Fsp3) is 0.538. The van der Waals surface area contributed by atoms with Crippen LogP contribution in [0.3, 0.4) is 0 Å². The summed E-state index contributed by atoms with van der Waals surface area (Å²) in [4.78, 5) is 0.268. The monoisotopic (exact) mass is 284 g/mol. The second kappa shape index (κ2) is 6.00. The number of hydrogen-bond acceptors (Lipinski definition) is 4. The van der Waals surface area contributed by atoms with Gasteiger partial charge >= 0.3 is 0 Å². The molecule has 1 saturated heterocycles. The van der Waals surface area contributed by atoms with Crippen LogP contribution in [0.1, 0.15) is 24.0 Å². The van der Waals surface area contributed by atoms with Crippen molar-refractivity contribution in [1.29, 1.82) is 0 Å². The number of hydrogen-bond donors (Lipinski definition) is 2. The Morgan fingerprint density at radius 1 is 1.47 bits per heavy atom. The molecule has 0 saturated carbocycles. The van der Waals surface area contributed by atoms with E-state index >= 15 is 0 Å². The highest BCUT2D eigenvalue weighted by molar-refractivity contribution is 7.89. The molecule has 3 N–H and O–H groups in total. The summed E-state index contributed by atoms with van der Waals surface area (Å²) in [5, 5.41) is 0. The Balaban J connectivity index is 2.18. The average Bonchev–Trinajstić information content (AvgIpc) is 2.39. The van der Waals surface area contributed by atoms with Crippen LogP contribution in [-0.4, -0.2) is 27.7 Å². The number of rotatable bonds is 4. The van der Waals surface area contributed by atoms with Gasteiger partial charge in [0.05, 0.1) is 11.5 Å². The Labute approximate surface area is 114 Å². The van der Waals surface area contributed by atoms with E-state index in [2.05, 4.69) is 4.72 Å². The highest BCUT2D eigenvalue weighted by Gasteiger charge is 2.22. The standard InChI is InChI=1S/C13H20N2O3S/c1-10-4-5-13(7-11(10)8-14)19(16,17)15-12-3-2-6-18-9-12/h4-5,7,12,15H,2-3,6,8-9,14H2,1H3. The Morgan fingerprint density at radius 2 is 2.26 bits per heavy atom. The first-order chi connectivity index (χ1) is 9.03. The van der Waals surface area contributed by atoms with Crippen molar-refractivity contribution in [3.05, 3.63) is 29.3 Å².